The molecule has 0 aliphatic rings. The highest BCUT2D eigenvalue weighted by molar-refractivity contribution is 5.52. The molecule has 0 atom stereocenters. The second-order valence-electron chi connectivity index (χ2n) is 5.86. The van der Waals surface area contributed by atoms with Gasteiger partial charge in [0.25, 0.3) is 0 Å². The number of aromatic nitrogens is 2. The van der Waals surface area contributed by atoms with Crippen molar-refractivity contribution in [2.45, 2.75) is 54.1 Å². The van der Waals surface area contributed by atoms with Crippen LogP contribution < -0.4 is 5.32 Å². The van der Waals surface area contributed by atoms with E-state index in [-0.39, 0.29) is 0 Å². The molecule has 2 aromatic rings. The minimum absolute atomic E-state index is 0.394. The van der Waals surface area contributed by atoms with Gasteiger partial charge >= 0.3 is 0 Å². The average molecular weight is 271 g/mol. The van der Waals surface area contributed by atoms with E-state index in [1.54, 1.807) is 0 Å². The Labute approximate surface area is 122 Å². The molecule has 0 radical (unpaired) electrons. The van der Waals surface area contributed by atoms with Crippen LogP contribution in [0.1, 0.15) is 48.0 Å². The van der Waals surface area contributed by atoms with Crippen molar-refractivity contribution in [3.05, 3.63) is 46.3 Å². The lowest BCUT2D eigenvalue weighted by atomic mass is 10.1. The van der Waals surface area contributed by atoms with E-state index in [2.05, 4.69) is 74.8 Å². The third kappa shape index (κ3) is 2.87. The topological polar surface area (TPSA) is 29.9 Å². The van der Waals surface area contributed by atoms with Gasteiger partial charge in [-0.05, 0) is 58.2 Å². The molecular weight excluding hydrogens is 246 g/mol. The van der Waals surface area contributed by atoms with Crippen molar-refractivity contribution in [3.8, 4) is 0 Å². The van der Waals surface area contributed by atoms with Crippen molar-refractivity contribution in [2.24, 2.45) is 0 Å². The normalized spacial score (nSPS) is 11.2. The Morgan fingerprint density at radius 3 is 2.35 bits per heavy atom. The minimum atomic E-state index is 0.394. The Bertz CT molecular complexity index is 609. The quantitative estimate of drug-likeness (QED) is 0.898. The molecule has 0 unspecified atom stereocenters. The van der Waals surface area contributed by atoms with E-state index < -0.39 is 0 Å². The maximum Gasteiger partial charge on any atom is 0.0828 e. The smallest absolute Gasteiger partial charge is 0.0828 e. The van der Waals surface area contributed by atoms with E-state index in [0.717, 1.165) is 17.9 Å². The predicted molar refractivity (Wildman–Crippen MR) is 85.3 cm³/mol. The fourth-order valence-electron chi connectivity index (χ4n) is 2.53. The molecule has 0 saturated carbocycles. The maximum atomic E-state index is 4.61. The summed E-state index contributed by atoms with van der Waals surface area (Å²) in [7, 11) is 0. The van der Waals surface area contributed by atoms with Gasteiger partial charge in [0.1, 0.15) is 0 Å². The summed E-state index contributed by atoms with van der Waals surface area (Å²) in [4.78, 5) is 0. The van der Waals surface area contributed by atoms with Crippen LogP contribution in [0.5, 0.6) is 0 Å². The van der Waals surface area contributed by atoms with Gasteiger partial charge in [0.2, 0.25) is 0 Å². The lowest BCUT2D eigenvalue weighted by molar-refractivity contribution is 0.516. The van der Waals surface area contributed by atoms with E-state index in [1.165, 1.54) is 22.4 Å². The zero-order valence-corrected chi connectivity index (χ0v) is 13.4. The molecule has 0 aliphatic carbocycles. The summed E-state index contributed by atoms with van der Waals surface area (Å²) in [5, 5.41) is 8.14. The SMILES string of the molecule is Cc1ccc(CNc2c(C)nn(C(C)C)c2C)cc1C. The molecular formula is C17H25N3. The lowest BCUT2D eigenvalue weighted by Gasteiger charge is -2.11. The number of aryl methyl sites for hydroxylation is 3. The highest BCUT2D eigenvalue weighted by Gasteiger charge is 2.12. The molecule has 1 aromatic heterocycles. The third-order valence-corrected chi connectivity index (χ3v) is 3.85. The molecule has 1 heterocycles. The molecule has 0 saturated heterocycles. The summed E-state index contributed by atoms with van der Waals surface area (Å²) in [6, 6.07) is 7.02. The number of hydrogen-bond acceptors (Lipinski definition) is 2. The number of hydrogen-bond donors (Lipinski definition) is 1. The van der Waals surface area contributed by atoms with Crippen LogP contribution in [0.25, 0.3) is 0 Å². The van der Waals surface area contributed by atoms with Crippen LogP contribution in [0.4, 0.5) is 5.69 Å². The van der Waals surface area contributed by atoms with Crippen LogP contribution in [-0.4, -0.2) is 9.78 Å². The van der Waals surface area contributed by atoms with E-state index >= 15 is 0 Å². The maximum absolute atomic E-state index is 4.61. The van der Waals surface area contributed by atoms with Gasteiger partial charge in [-0.15, -0.1) is 0 Å². The van der Waals surface area contributed by atoms with E-state index in [0.29, 0.717) is 6.04 Å². The highest BCUT2D eigenvalue weighted by Crippen LogP contribution is 2.23. The molecule has 108 valence electrons. The van der Waals surface area contributed by atoms with Crippen molar-refractivity contribution < 1.29 is 0 Å². The monoisotopic (exact) mass is 271 g/mol. The van der Waals surface area contributed by atoms with Gasteiger partial charge in [-0.3, -0.25) is 4.68 Å². The number of nitrogens with zero attached hydrogens (tertiary/aromatic N) is 2. The molecule has 0 fully saturated rings. The standard InChI is InChI=1S/C17H25N3/c1-11(2)20-15(6)17(14(5)19-20)18-10-16-8-7-12(3)13(4)9-16/h7-9,11,18H,10H2,1-6H3. The van der Waals surface area contributed by atoms with Crippen molar-refractivity contribution in [1.82, 2.24) is 9.78 Å². The first-order chi connectivity index (χ1) is 9.40. The van der Waals surface area contributed by atoms with E-state index in [4.69, 9.17) is 0 Å². The van der Waals surface area contributed by atoms with Crippen molar-refractivity contribution in [2.75, 3.05) is 5.32 Å². The Hall–Kier alpha value is -1.77. The highest BCUT2D eigenvalue weighted by atomic mass is 15.3. The lowest BCUT2D eigenvalue weighted by Crippen LogP contribution is -2.06. The molecule has 0 aliphatic heterocycles. The Morgan fingerprint density at radius 1 is 1.10 bits per heavy atom. The van der Waals surface area contributed by atoms with E-state index in [1.807, 2.05) is 0 Å². The average Bonchev–Trinajstić information content (AvgIpc) is 2.67. The van der Waals surface area contributed by atoms with Crippen LogP contribution in [0.3, 0.4) is 0 Å². The summed E-state index contributed by atoms with van der Waals surface area (Å²) < 4.78 is 2.08. The van der Waals surface area contributed by atoms with Crippen LogP contribution >= 0.6 is 0 Å². The van der Waals surface area contributed by atoms with Gasteiger partial charge in [0, 0.05) is 12.6 Å². The zero-order chi connectivity index (χ0) is 14.9. The second-order valence-corrected chi connectivity index (χ2v) is 5.86. The summed E-state index contributed by atoms with van der Waals surface area (Å²) in [6.45, 7) is 13.7. The van der Waals surface area contributed by atoms with Gasteiger partial charge in [0.05, 0.1) is 17.1 Å². The van der Waals surface area contributed by atoms with Crippen LogP contribution in [0.15, 0.2) is 18.2 Å². The van der Waals surface area contributed by atoms with Crippen LogP contribution in [-0.2, 0) is 6.54 Å². The third-order valence-electron chi connectivity index (χ3n) is 3.85. The number of anilines is 1. The molecule has 1 aromatic carbocycles. The zero-order valence-electron chi connectivity index (χ0n) is 13.4. The summed E-state index contributed by atoms with van der Waals surface area (Å²) in [5.41, 5.74) is 7.44. The number of rotatable bonds is 4. The summed E-state index contributed by atoms with van der Waals surface area (Å²) in [6.07, 6.45) is 0. The first-order valence-corrected chi connectivity index (χ1v) is 7.26. The fourth-order valence-corrected chi connectivity index (χ4v) is 2.53. The Kier molecular flexibility index (Phi) is 4.17. The van der Waals surface area contributed by atoms with Gasteiger partial charge in [-0.2, -0.15) is 5.10 Å². The van der Waals surface area contributed by atoms with Gasteiger partial charge in [-0.1, -0.05) is 18.2 Å². The van der Waals surface area contributed by atoms with Crippen LogP contribution in [0.2, 0.25) is 0 Å². The molecule has 3 nitrogen and oxygen atoms in total. The van der Waals surface area contributed by atoms with Crippen molar-refractivity contribution >= 4 is 5.69 Å². The molecule has 2 rings (SSSR count). The second kappa shape index (κ2) is 5.70. The molecule has 0 bridgehead atoms. The number of benzene rings is 1. The summed E-state index contributed by atoms with van der Waals surface area (Å²) >= 11 is 0. The molecule has 0 spiro atoms. The van der Waals surface area contributed by atoms with Gasteiger partial charge in [-0.25, -0.2) is 0 Å². The molecule has 0 amide bonds. The Balaban J connectivity index is 2.16. The van der Waals surface area contributed by atoms with Crippen molar-refractivity contribution in [3.63, 3.8) is 0 Å². The molecule has 1 N–H and O–H groups in total. The van der Waals surface area contributed by atoms with Gasteiger partial charge in [0.15, 0.2) is 0 Å². The minimum Gasteiger partial charge on any atom is -0.378 e. The first kappa shape index (κ1) is 14.6. The molecule has 20 heavy (non-hydrogen) atoms. The number of nitrogens with one attached hydrogen (secondary N) is 1. The Morgan fingerprint density at radius 2 is 1.80 bits per heavy atom. The largest absolute Gasteiger partial charge is 0.378 e. The summed E-state index contributed by atoms with van der Waals surface area (Å²) in [5.74, 6) is 0. The van der Waals surface area contributed by atoms with E-state index in [9.17, 15) is 0 Å². The fraction of sp³-hybridized carbons (Fsp3) is 0.471. The first-order valence-electron chi connectivity index (χ1n) is 7.26. The van der Waals surface area contributed by atoms with Crippen molar-refractivity contribution in [1.29, 1.82) is 0 Å². The van der Waals surface area contributed by atoms with Gasteiger partial charge < -0.3 is 5.32 Å². The predicted octanol–water partition coefficient (Wildman–Crippen LogP) is 4.31. The van der Waals surface area contributed by atoms with Crippen LogP contribution in [0, 0.1) is 27.7 Å². The molecule has 3 heteroatoms.